The van der Waals surface area contributed by atoms with Crippen LogP contribution in [0.1, 0.15) is 20.3 Å². The predicted octanol–water partition coefficient (Wildman–Crippen LogP) is 3.12. The third-order valence-electron chi connectivity index (χ3n) is 4.88. The van der Waals surface area contributed by atoms with Gasteiger partial charge in [-0.1, -0.05) is 13.8 Å². The van der Waals surface area contributed by atoms with E-state index in [-0.39, 0.29) is 227 Å². The smallest absolute Gasteiger partial charge is 0.323 e. The minimum atomic E-state index is -0.706. The second-order valence-corrected chi connectivity index (χ2v) is 7.37. The molecule has 2 heterocycles. The summed E-state index contributed by atoms with van der Waals surface area (Å²) < 4.78 is 26.7. The Bertz CT molecular complexity index is 916. The van der Waals surface area contributed by atoms with E-state index < -0.39 is 11.6 Å². The fraction of sp³-hybridized carbons (Fsp3) is 0.400. The van der Waals surface area contributed by atoms with Crippen molar-refractivity contribution in [1.82, 2.24) is 19.8 Å². The molecular formula is C20H23F2N5O2V10. The molecule has 2 aromatic rings. The van der Waals surface area contributed by atoms with E-state index in [0.29, 0.717) is 19.5 Å². The number of likely N-dealkylation sites (N-methyl/N-ethyl adjacent to an activating group) is 1. The summed E-state index contributed by atoms with van der Waals surface area (Å²) >= 11 is 0. The third kappa shape index (κ3) is 18.3. The maximum absolute atomic E-state index is 13.3. The van der Waals surface area contributed by atoms with Crippen LogP contribution in [0.3, 0.4) is 0 Å². The van der Waals surface area contributed by atoms with Crippen molar-refractivity contribution in [3.05, 3.63) is 42.2 Å². The monoisotopic (exact) mass is 913 g/mol. The van der Waals surface area contributed by atoms with Gasteiger partial charge in [-0.05, 0) is 18.6 Å². The largest absolute Gasteiger partial charge is 0.340 e. The summed E-state index contributed by atoms with van der Waals surface area (Å²) in [6, 6.07) is 2.64. The van der Waals surface area contributed by atoms with Crippen molar-refractivity contribution in [2.45, 2.75) is 26.3 Å². The fourth-order valence-electron chi connectivity index (χ4n) is 3.23. The van der Waals surface area contributed by atoms with Crippen LogP contribution in [0.2, 0.25) is 0 Å². The first-order valence-corrected chi connectivity index (χ1v) is 9.35. The van der Waals surface area contributed by atoms with Gasteiger partial charge in [0.25, 0.3) is 0 Å². The van der Waals surface area contributed by atoms with Gasteiger partial charge >= 0.3 is 6.03 Å². The average molecular weight is 913 g/mol. The van der Waals surface area contributed by atoms with Gasteiger partial charge < -0.3 is 9.80 Å². The van der Waals surface area contributed by atoms with Crippen LogP contribution in [0, 0.1) is 17.6 Å². The molecule has 1 fully saturated rings. The fourth-order valence-corrected chi connectivity index (χ4v) is 3.23. The molecule has 1 aromatic heterocycles. The SMILES string of the molecule is CC(C)C(=O)N1CC[C@H](N(C)C(=O)Nc2cnc(-c3cc(F)cc(F)c3)cn2)C1.[V].[V].[V].[V].[V].[V].[V].[V].[V].[V]. The molecule has 1 aliphatic rings. The maximum Gasteiger partial charge on any atom is 0.323 e. The molecule has 19 heteroatoms. The topological polar surface area (TPSA) is 78.4 Å². The molecule has 1 aliphatic heterocycles. The molecule has 1 aromatic carbocycles. The Balaban J connectivity index is -0.000000160. The molecular weight excluding hydrogens is 890 g/mol. The van der Waals surface area contributed by atoms with E-state index in [2.05, 4.69) is 15.3 Å². The Morgan fingerprint density at radius 3 is 1.85 bits per heavy atom. The number of halogens is 2. The molecule has 7 nitrogen and oxygen atoms in total. The number of carbonyl (C=O) groups is 2. The zero-order chi connectivity index (χ0) is 21.1. The molecule has 1 N–H and O–H groups in total. The number of anilines is 1. The number of hydrogen-bond acceptors (Lipinski definition) is 4. The first-order chi connectivity index (χ1) is 13.7. The Morgan fingerprint density at radius 2 is 1.41 bits per heavy atom. The predicted molar refractivity (Wildman–Crippen MR) is 104 cm³/mol. The standard InChI is InChI=1S/C20H23F2N5O2.10V/c1-12(2)19(28)27-5-4-16(11-27)26(3)20(29)25-18-10-23-17(9-24-18)13-6-14(21)8-15(22)7-13;;;;;;;;;;/h6-10,12,16H,4-5,11H2,1-3H3,(H,24,25,29);;;;;;;;;;/t16-;;;;;;;;;;/m0........../s1. The summed E-state index contributed by atoms with van der Waals surface area (Å²) in [4.78, 5) is 36.1. The van der Waals surface area contributed by atoms with Gasteiger partial charge in [0.2, 0.25) is 5.91 Å². The Labute approximate surface area is 347 Å². The minimum Gasteiger partial charge on any atom is -0.340 e. The number of rotatable bonds is 4. The van der Waals surface area contributed by atoms with E-state index in [1.54, 1.807) is 16.8 Å². The van der Waals surface area contributed by atoms with Crippen LogP contribution in [0.4, 0.5) is 19.4 Å². The van der Waals surface area contributed by atoms with E-state index in [1.165, 1.54) is 12.4 Å². The quantitative estimate of drug-likeness (QED) is 0.513. The van der Waals surface area contributed by atoms with E-state index in [4.69, 9.17) is 0 Å². The molecule has 0 bridgehead atoms. The van der Waals surface area contributed by atoms with Crippen LogP contribution >= 0.6 is 0 Å². The number of hydrogen-bond donors (Lipinski definition) is 1. The zero-order valence-corrected chi connectivity index (χ0v) is 35.0. The average Bonchev–Trinajstić information content (AvgIpc) is 3.16. The van der Waals surface area contributed by atoms with Crippen molar-refractivity contribution in [3.63, 3.8) is 0 Å². The van der Waals surface area contributed by atoms with Crippen LogP contribution in [-0.2, 0) is 190 Å². The van der Waals surface area contributed by atoms with Crippen LogP contribution in [-0.4, -0.2) is 57.9 Å². The van der Waals surface area contributed by atoms with E-state index in [0.717, 1.165) is 18.2 Å². The molecule has 39 heavy (non-hydrogen) atoms. The summed E-state index contributed by atoms with van der Waals surface area (Å²) in [5, 5.41) is 2.65. The number of benzene rings is 1. The molecule has 3 rings (SSSR count). The number of carbonyl (C=O) groups excluding carboxylic acids is 2. The van der Waals surface area contributed by atoms with Crippen molar-refractivity contribution >= 4 is 17.8 Å². The summed E-state index contributed by atoms with van der Waals surface area (Å²) in [6.45, 7) is 4.83. The van der Waals surface area contributed by atoms with Crippen molar-refractivity contribution in [1.29, 1.82) is 0 Å². The van der Waals surface area contributed by atoms with Crippen molar-refractivity contribution in [3.8, 4) is 11.3 Å². The van der Waals surface area contributed by atoms with E-state index in [1.807, 2.05) is 13.8 Å². The first-order valence-electron chi connectivity index (χ1n) is 9.35. The first kappa shape index (κ1) is 60.9. The maximum atomic E-state index is 13.3. The molecule has 204 valence electrons. The van der Waals surface area contributed by atoms with Gasteiger partial charge in [0.1, 0.15) is 11.6 Å². The van der Waals surface area contributed by atoms with E-state index in [9.17, 15) is 18.4 Å². The second kappa shape index (κ2) is 29.5. The Kier molecular flexibility index (Phi) is 46.0. The molecule has 3 amide bonds. The number of aromatic nitrogens is 2. The molecule has 0 saturated carbocycles. The van der Waals surface area contributed by atoms with Crippen LogP contribution < -0.4 is 5.32 Å². The van der Waals surface area contributed by atoms with Crippen molar-refractivity contribution < 1.29 is 204 Å². The summed E-state index contributed by atoms with van der Waals surface area (Å²) in [6.07, 6.45) is 3.37. The molecule has 1 saturated heterocycles. The molecule has 0 unspecified atom stereocenters. The van der Waals surface area contributed by atoms with Gasteiger partial charge in [-0.3, -0.25) is 15.1 Å². The van der Waals surface area contributed by atoms with Gasteiger partial charge in [0, 0.05) is 223 Å². The summed E-state index contributed by atoms with van der Waals surface area (Å²) in [5.41, 5.74) is 0.541. The molecule has 1 atom stereocenters. The number of nitrogens with one attached hydrogen (secondary N) is 1. The van der Waals surface area contributed by atoms with Crippen LogP contribution in [0.15, 0.2) is 30.6 Å². The van der Waals surface area contributed by atoms with Crippen LogP contribution in [0.25, 0.3) is 11.3 Å². The molecule has 10 radical (unpaired) electrons. The summed E-state index contributed by atoms with van der Waals surface area (Å²) in [7, 11) is 1.67. The van der Waals surface area contributed by atoms with E-state index >= 15 is 0 Å². The van der Waals surface area contributed by atoms with Gasteiger partial charge in [0.05, 0.1) is 24.1 Å². The van der Waals surface area contributed by atoms with Gasteiger partial charge in [0.15, 0.2) is 5.82 Å². The number of urea groups is 1. The number of likely N-dealkylation sites (tertiary alicyclic amines) is 1. The zero-order valence-electron chi connectivity index (χ0n) is 21.0. The van der Waals surface area contributed by atoms with Crippen molar-refractivity contribution in [2.24, 2.45) is 5.92 Å². The Hall–Kier alpha value is 2.74. The van der Waals surface area contributed by atoms with Gasteiger partial charge in [-0.25, -0.2) is 18.6 Å². The number of nitrogens with zero attached hydrogens (tertiary/aromatic N) is 4. The third-order valence-corrected chi connectivity index (χ3v) is 4.88. The molecule has 0 spiro atoms. The molecule has 0 aliphatic carbocycles. The summed E-state index contributed by atoms with van der Waals surface area (Å²) in [5.74, 6) is -1.19. The number of amides is 3. The normalized spacial score (nSPS) is 12.1. The Morgan fingerprint density at radius 1 is 0.897 bits per heavy atom. The van der Waals surface area contributed by atoms with Crippen LogP contribution in [0.5, 0.6) is 0 Å². The van der Waals surface area contributed by atoms with Gasteiger partial charge in [-0.15, -0.1) is 0 Å². The second-order valence-electron chi connectivity index (χ2n) is 7.37. The minimum absolute atomic E-state index is 0. The van der Waals surface area contributed by atoms with Crippen molar-refractivity contribution in [2.75, 3.05) is 25.5 Å². The van der Waals surface area contributed by atoms with Gasteiger partial charge in [-0.2, -0.15) is 0 Å².